The Morgan fingerprint density at radius 2 is 1.96 bits per heavy atom. The minimum Gasteiger partial charge on any atom is -0.489 e. The molecule has 3 aromatic rings. The summed E-state index contributed by atoms with van der Waals surface area (Å²) < 4.78 is 5.88. The van der Waals surface area contributed by atoms with Crippen LogP contribution in [0.25, 0.3) is 11.3 Å². The number of fused-ring (bicyclic) bond motifs is 3. The van der Waals surface area contributed by atoms with Crippen molar-refractivity contribution in [3.63, 3.8) is 0 Å². The molecule has 0 amide bonds. The lowest BCUT2D eigenvalue weighted by Crippen LogP contribution is -2.21. The number of aromatic amines is 1. The lowest BCUT2D eigenvalue weighted by atomic mass is 9.89. The highest BCUT2D eigenvalue weighted by molar-refractivity contribution is 6.30. The van der Waals surface area contributed by atoms with Crippen LogP contribution in [-0.2, 0) is 19.4 Å². The molecule has 5 nitrogen and oxygen atoms in total. The summed E-state index contributed by atoms with van der Waals surface area (Å²) in [7, 11) is 0. The number of benzene rings is 2. The Labute approximate surface area is 149 Å². The van der Waals surface area contributed by atoms with Crippen LogP contribution in [0.3, 0.4) is 0 Å². The summed E-state index contributed by atoms with van der Waals surface area (Å²) >= 11 is 5.89. The van der Waals surface area contributed by atoms with Crippen molar-refractivity contribution in [2.75, 3.05) is 5.73 Å². The molecule has 0 unspecified atom stereocenters. The van der Waals surface area contributed by atoms with Crippen LogP contribution in [-0.4, -0.2) is 9.97 Å². The van der Waals surface area contributed by atoms with Crippen molar-refractivity contribution in [2.24, 2.45) is 0 Å². The summed E-state index contributed by atoms with van der Waals surface area (Å²) in [6, 6.07) is 13.4. The van der Waals surface area contributed by atoms with Crippen molar-refractivity contribution in [1.82, 2.24) is 9.97 Å². The maximum atomic E-state index is 12.0. The van der Waals surface area contributed by atoms with E-state index in [2.05, 4.69) is 9.97 Å². The van der Waals surface area contributed by atoms with Gasteiger partial charge in [0.25, 0.3) is 5.56 Å². The van der Waals surface area contributed by atoms with Crippen molar-refractivity contribution in [3.8, 4) is 17.0 Å². The van der Waals surface area contributed by atoms with Crippen LogP contribution in [0.2, 0.25) is 5.02 Å². The van der Waals surface area contributed by atoms with Gasteiger partial charge in [0, 0.05) is 16.1 Å². The van der Waals surface area contributed by atoms with Gasteiger partial charge >= 0.3 is 0 Å². The van der Waals surface area contributed by atoms with Gasteiger partial charge in [-0.05, 0) is 54.3 Å². The van der Waals surface area contributed by atoms with E-state index in [4.69, 9.17) is 22.1 Å². The van der Waals surface area contributed by atoms with Crippen LogP contribution < -0.4 is 16.0 Å². The van der Waals surface area contributed by atoms with Crippen molar-refractivity contribution in [1.29, 1.82) is 0 Å². The summed E-state index contributed by atoms with van der Waals surface area (Å²) in [5.74, 6) is 0.926. The predicted molar refractivity (Wildman–Crippen MR) is 97.9 cm³/mol. The molecule has 3 N–H and O–H groups in total. The van der Waals surface area contributed by atoms with Crippen LogP contribution in [0.1, 0.15) is 16.7 Å². The third-order valence-electron chi connectivity index (χ3n) is 4.33. The fourth-order valence-electron chi connectivity index (χ4n) is 3.07. The number of hydrogen-bond donors (Lipinski definition) is 2. The highest BCUT2D eigenvalue weighted by Crippen LogP contribution is 2.33. The van der Waals surface area contributed by atoms with Crippen molar-refractivity contribution in [3.05, 3.63) is 74.5 Å². The lowest BCUT2D eigenvalue weighted by molar-refractivity contribution is 0.306. The molecule has 0 saturated heterocycles. The van der Waals surface area contributed by atoms with Gasteiger partial charge < -0.3 is 10.5 Å². The number of anilines is 1. The normalized spacial score (nSPS) is 12.4. The third kappa shape index (κ3) is 3.10. The second kappa shape index (κ2) is 6.26. The molecule has 0 fully saturated rings. The van der Waals surface area contributed by atoms with Gasteiger partial charge in [-0.25, -0.2) is 4.98 Å². The largest absolute Gasteiger partial charge is 0.489 e. The lowest BCUT2D eigenvalue weighted by Gasteiger charge is -2.19. The molecule has 25 heavy (non-hydrogen) atoms. The Balaban J connectivity index is 1.60. The second-order valence-electron chi connectivity index (χ2n) is 6.01. The van der Waals surface area contributed by atoms with Gasteiger partial charge in [0.1, 0.15) is 12.4 Å². The van der Waals surface area contributed by atoms with Crippen LogP contribution in [0.4, 0.5) is 5.95 Å². The number of nitrogens with zero attached hydrogens (tertiary/aromatic N) is 1. The first-order valence-electron chi connectivity index (χ1n) is 7.99. The van der Waals surface area contributed by atoms with Crippen molar-refractivity contribution >= 4 is 17.5 Å². The number of halogens is 1. The molecule has 0 aliphatic heterocycles. The molecule has 126 valence electrons. The highest BCUT2D eigenvalue weighted by Gasteiger charge is 2.21. The number of nitrogens with one attached hydrogen (secondary N) is 1. The third-order valence-corrected chi connectivity index (χ3v) is 4.58. The fourth-order valence-corrected chi connectivity index (χ4v) is 3.20. The Kier molecular flexibility index (Phi) is 3.93. The molecule has 1 aliphatic rings. The summed E-state index contributed by atoms with van der Waals surface area (Å²) in [4.78, 5) is 18.9. The van der Waals surface area contributed by atoms with E-state index in [1.54, 1.807) is 0 Å². The van der Waals surface area contributed by atoms with Gasteiger partial charge in [0.2, 0.25) is 5.95 Å². The van der Waals surface area contributed by atoms with E-state index in [-0.39, 0.29) is 11.5 Å². The molecule has 4 rings (SSSR count). The van der Waals surface area contributed by atoms with E-state index in [0.29, 0.717) is 29.3 Å². The topological polar surface area (TPSA) is 81.0 Å². The van der Waals surface area contributed by atoms with E-state index < -0.39 is 0 Å². The van der Waals surface area contributed by atoms with Crippen LogP contribution in [0.5, 0.6) is 5.75 Å². The maximum absolute atomic E-state index is 12.0. The molecule has 0 radical (unpaired) electrons. The molecular weight excluding hydrogens is 338 g/mol. The zero-order chi connectivity index (χ0) is 17.4. The van der Waals surface area contributed by atoms with Crippen LogP contribution in [0.15, 0.2) is 47.3 Å². The number of nitrogens with two attached hydrogens (primary N) is 1. The molecule has 1 heterocycles. The first-order valence-corrected chi connectivity index (χ1v) is 8.37. The molecule has 0 atom stereocenters. The number of hydrogen-bond acceptors (Lipinski definition) is 4. The highest BCUT2D eigenvalue weighted by atomic mass is 35.5. The van der Waals surface area contributed by atoms with Gasteiger partial charge in [-0.1, -0.05) is 23.7 Å². The Morgan fingerprint density at radius 3 is 2.76 bits per heavy atom. The van der Waals surface area contributed by atoms with Gasteiger partial charge in [-0.15, -0.1) is 0 Å². The van der Waals surface area contributed by atoms with Gasteiger partial charge in [-0.2, -0.15) is 0 Å². The van der Waals surface area contributed by atoms with E-state index in [0.717, 1.165) is 28.9 Å². The van der Waals surface area contributed by atoms with Gasteiger partial charge in [0.15, 0.2) is 0 Å². The van der Waals surface area contributed by atoms with E-state index >= 15 is 0 Å². The minimum absolute atomic E-state index is 0.139. The molecule has 2 aromatic carbocycles. The summed E-state index contributed by atoms with van der Waals surface area (Å²) in [6.07, 6.45) is 1.42. The fraction of sp³-hybridized carbons (Fsp3) is 0.158. The van der Waals surface area contributed by atoms with E-state index in [1.807, 2.05) is 42.5 Å². The summed E-state index contributed by atoms with van der Waals surface area (Å²) in [6.45, 7) is 0.470. The number of ether oxygens (including phenoxy) is 1. The number of rotatable bonds is 3. The molecule has 1 aliphatic carbocycles. The Hall–Kier alpha value is -2.79. The number of aryl methyl sites for hydroxylation is 1. The number of H-pyrrole nitrogens is 1. The van der Waals surface area contributed by atoms with E-state index in [9.17, 15) is 4.79 Å². The molecular formula is C19H16ClN3O2. The Morgan fingerprint density at radius 1 is 1.16 bits per heavy atom. The summed E-state index contributed by atoms with van der Waals surface area (Å²) in [5, 5.41) is 0.706. The van der Waals surface area contributed by atoms with Crippen molar-refractivity contribution in [2.45, 2.75) is 19.4 Å². The average Bonchev–Trinajstić information content (AvgIpc) is 2.60. The van der Waals surface area contributed by atoms with Crippen molar-refractivity contribution < 1.29 is 4.74 Å². The first-order chi connectivity index (χ1) is 12.1. The zero-order valence-corrected chi connectivity index (χ0v) is 14.1. The minimum atomic E-state index is -0.156. The predicted octanol–water partition coefficient (Wildman–Crippen LogP) is 3.35. The first kappa shape index (κ1) is 15.7. The monoisotopic (exact) mass is 353 g/mol. The van der Waals surface area contributed by atoms with E-state index in [1.165, 1.54) is 0 Å². The van der Waals surface area contributed by atoms with Crippen LogP contribution >= 0.6 is 11.6 Å². The van der Waals surface area contributed by atoms with Crippen LogP contribution in [0, 0.1) is 0 Å². The Bertz CT molecular complexity index is 997. The zero-order valence-electron chi connectivity index (χ0n) is 13.4. The second-order valence-corrected chi connectivity index (χ2v) is 6.45. The summed E-state index contributed by atoms with van der Waals surface area (Å²) in [5.41, 5.74) is 10.0. The number of nitrogen functional groups attached to an aromatic ring is 1. The maximum Gasteiger partial charge on any atom is 0.256 e. The molecule has 6 heteroatoms. The standard InChI is InChI=1S/C19H16ClN3O2/c20-13-4-1-11(2-5-13)10-25-14-6-8-15-12(9-14)3-7-16-17(15)22-19(21)23-18(16)24/h1-2,4-6,8-9H,3,7,10H2,(H3,21,22,23,24). The molecule has 0 saturated carbocycles. The smallest absolute Gasteiger partial charge is 0.256 e. The molecule has 1 aromatic heterocycles. The molecule has 0 bridgehead atoms. The quantitative estimate of drug-likeness (QED) is 0.756. The number of aromatic nitrogens is 2. The SMILES string of the molecule is Nc1nc2c(c(=O)[nH]1)CCc1cc(OCc3ccc(Cl)cc3)ccc1-2. The molecule has 0 spiro atoms. The average molecular weight is 354 g/mol. The van der Waals surface area contributed by atoms with Gasteiger partial charge in [-0.3, -0.25) is 9.78 Å². The van der Waals surface area contributed by atoms with Gasteiger partial charge in [0.05, 0.1) is 5.69 Å².